The number of likely N-dealkylation sites (tertiary alicyclic amines) is 1. The number of ether oxygens (including phenoxy) is 6. The third-order valence-corrected chi connectivity index (χ3v) is 18.2. The van der Waals surface area contributed by atoms with Crippen LogP contribution in [0.1, 0.15) is 93.1 Å². The highest BCUT2D eigenvalue weighted by Crippen LogP contribution is 2.39. The van der Waals surface area contributed by atoms with Crippen LogP contribution in [0.5, 0.6) is 0 Å². The molecule has 0 saturated carbocycles. The quantitative estimate of drug-likeness (QED) is 0.0297. The Morgan fingerprint density at radius 2 is 1.45 bits per heavy atom. The molecule has 24 atom stereocenters. The first kappa shape index (κ1) is 81.2. The largest absolute Gasteiger partial charge is 0.480 e. The number of aliphatic hydroxyl groups excluding tert-OH is 11. The summed E-state index contributed by atoms with van der Waals surface area (Å²) in [6.07, 6.45) is -29.1. The van der Waals surface area contributed by atoms with Gasteiger partial charge in [0.05, 0.1) is 80.7 Å². The van der Waals surface area contributed by atoms with Crippen LogP contribution in [0.25, 0.3) is 0 Å². The predicted octanol–water partition coefficient (Wildman–Crippen LogP) is -4.75. The molecule has 3 saturated heterocycles. The molecule has 94 heavy (non-hydrogen) atoms. The molecule has 538 valence electrons. The number of amides is 5. The minimum atomic E-state index is -3.17. The molecule has 4 rings (SSSR count). The summed E-state index contributed by atoms with van der Waals surface area (Å²) in [6.45, 7) is 9.51. The monoisotopic (exact) mass is 1350 g/mol. The van der Waals surface area contributed by atoms with Crippen LogP contribution < -0.4 is 16.0 Å². The first-order chi connectivity index (χ1) is 44.1. The highest BCUT2D eigenvalue weighted by Gasteiger charge is 2.60. The molecule has 3 heterocycles. The molecule has 0 radical (unpaired) electrons. The van der Waals surface area contributed by atoms with Gasteiger partial charge < -0.3 is 121 Å². The third kappa shape index (κ3) is 20.2. The van der Waals surface area contributed by atoms with E-state index >= 15 is 0 Å². The number of methoxy groups -OCH3 is 2. The molecular formula is C62H104N6O26. The molecule has 5 amide bonds. The number of carbonyl (C=O) groups excluding carboxylic acids is 5. The highest BCUT2D eigenvalue weighted by atomic mass is 16.8. The number of carboxylic acid groups (broad SMARTS) is 2. The van der Waals surface area contributed by atoms with Crippen molar-refractivity contribution in [2.45, 2.75) is 228 Å². The molecule has 3 fully saturated rings. The second-order valence-electron chi connectivity index (χ2n) is 25.6. The number of rotatable bonds is 37. The maximum absolute atomic E-state index is 14.9. The number of likely N-dealkylation sites (N-methyl/N-ethyl adjacent to an activating group) is 2. The second kappa shape index (κ2) is 36.9. The molecule has 16 N–H and O–H groups in total. The maximum atomic E-state index is 14.9. The van der Waals surface area contributed by atoms with Crippen molar-refractivity contribution in [3.8, 4) is 0 Å². The van der Waals surface area contributed by atoms with Crippen molar-refractivity contribution in [1.82, 2.24) is 30.7 Å². The number of carbonyl (C=O) groups is 7. The van der Waals surface area contributed by atoms with E-state index in [1.165, 1.54) is 31.1 Å². The molecule has 32 heteroatoms. The zero-order chi connectivity index (χ0) is 71.0. The molecule has 0 aliphatic carbocycles. The lowest BCUT2D eigenvalue weighted by molar-refractivity contribution is -0.377. The summed E-state index contributed by atoms with van der Waals surface area (Å²) in [5.41, 5.74) is 0.712. The first-order valence-corrected chi connectivity index (χ1v) is 31.8. The average Bonchev–Trinajstić information content (AvgIpc) is 0.872. The number of aliphatic carboxylic acids is 2. The highest BCUT2D eigenvalue weighted by molar-refractivity contribution is 5.90. The van der Waals surface area contributed by atoms with Gasteiger partial charge >= 0.3 is 11.9 Å². The van der Waals surface area contributed by atoms with Gasteiger partial charge in [-0.2, -0.15) is 0 Å². The van der Waals surface area contributed by atoms with Crippen molar-refractivity contribution in [2.75, 3.05) is 61.2 Å². The number of hydrogen-bond donors (Lipinski definition) is 16. The van der Waals surface area contributed by atoms with Crippen LogP contribution in [0.15, 0.2) is 30.3 Å². The van der Waals surface area contributed by atoms with E-state index in [-0.39, 0.29) is 24.7 Å². The normalized spacial score (nSPS) is 27.9. The fourth-order valence-electron chi connectivity index (χ4n) is 12.8. The zero-order valence-electron chi connectivity index (χ0n) is 55.6. The minimum absolute atomic E-state index is 0.0433. The first-order valence-electron chi connectivity index (χ1n) is 31.8. The lowest BCUT2D eigenvalue weighted by Crippen LogP contribution is -2.70. The SMILES string of the molecule is CCC(C)C(C(CC(=O)N1CCCC1C(OC)C(C)C(=O)NC(Cc1ccccc1)C(=O)O)OC)N(C)C(=O)C(NC(=O)C(C(C)C)N(C)CC(O)C(O)C(OC1OC(CO)C(O)C(OC2(C(=O)O)CC(O)C(NC(C)=O)C(C(O)C(O)CO)O2)C1O)C(O)CO)C(C)C. The predicted molar refractivity (Wildman–Crippen MR) is 329 cm³/mol. The summed E-state index contributed by atoms with van der Waals surface area (Å²) in [6, 6.07) is 2.29. The summed E-state index contributed by atoms with van der Waals surface area (Å²) >= 11 is 0. The van der Waals surface area contributed by atoms with Gasteiger partial charge in [-0.05, 0) is 43.2 Å². The number of benzene rings is 1. The Labute approximate surface area is 547 Å². The van der Waals surface area contributed by atoms with E-state index in [9.17, 15) is 99.9 Å². The summed E-state index contributed by atoms with van der Waals surface area (Å²) in [7, 11) is 5.79. The summed E-state index contributed by atoms with van der Waals surface area (Å²) in [5, 5.41) is 148. The Morgan fingerprint density at radius 1 is 0.819 bits per heavy atom. The summed E-state index contributed by atoms with van der Waals surface area (Å²) in [4.78, 5) is 99.5. The fraction of sp³-hybridized carbons (Fsp3) is 0.790. The lowest BCUT2D eigenvalue weighted by atomic mass is 9.88. The zero-order valence-corrected chi connectivity index (χ0v) is 55.6. The number of nitrogens with one attached hydrogen (secondary N) is 3. The van der Waals surface area contributed by atoms with Gasteiger partial charge in [0.15, 0.2) is 6.29 Å². The van der Waals surface area contributed by atoms with Gasteiger partial charge in [0.2, 0.25) is 29.5 Å². The molecule has 1 aromatic rings. The van der Waals surface area contributed by atoms with Crippen LogP contribution in [0, 0.1) is 23.7 Å². The Hall–Kier alpha value is -5.21. The summed E-state index contributed by atoms with van der Waals surface area (Å²) in [5.74, 6) is -11.7. The van der Waals surface area contributed by atoms with Gasteiger partial charge in [-0.15, -0.1) is 0 Å². The smallest absolute Gasteiger partial charge is 0.364 e. The van der Waals surface area contributed by atoms with E-state index in [2.05, 4.69) is 16.0 Å². The third-order valence-electron chi connectivity index (χ3n) is 18.2. The van der Waals surface area contributed by atoms with E-state index in [1.807, 2.05) is 13.8 Å². The number of carboxylic acids is 2. The Kier molecular flexibility index (Phi) is 31.9. The van der Waals surface area contributed by atoms with E-state index in [0.717, 1.165) is 6.92 Å². The van der Waals surface area contributed by atoms with Crippen LogP contribution in [-0.4, -0.2) is 318 Å². The molecular weight excluding hydrogens is 1240 g/mol. The second-order valence-corrected chi connectivity index (χ2v) is 25.6. The van der Waals surface area contributed by atoms with E-state index in [0.29, 0.717) is 31.4 Å². The molecule has 3 aliphatic rings. The van der Waals surface area contributed by atoms with Gasteiger partial charge in [0, 0.05) is 54.1 Å². The fourth-order valence-corrected chi connectivity index (χ4v) is 12.8. The standard InChI is InChI=1S/C62H104N6O26/c1-13-31(6)47(41(89-11)23-43(77)68-21-17-20-36(68)52(90-12)32(7)56(82)64-35(59(85)86)22-34-18-15-14-16-19-34)67(10)58(84)44(29(2)3)65-57(83)46(30(4)5)66(9)25-38(74)48(78)53(40(76)27-70)92-60-51(81)55(50(80)42(28-71)91-60)94-62(61(87)88)24-37(73)45(63-33(8)72)54(93-62)49(79)39(75)26-69/h14-16,18-19,29-32,35-42,44-55,60,69-71,73-76,78-81H,13,17,20-28H2,1-12H3,(H,63,72)(H,64,82)(H,65,83)(H,85,86)(H,87,88). The Balaban J connectivity index is 1.53. The van der Waals surface area contributed by atoms with Crippen molar-refractivity contribution < 1.29 is 128 Å². The van der Waals surface area contributed by atoms with E-state index < -0.39 is 220 Å². The number of hydrogen-bond acceptors (Lipinski definition) is 25. The van der Waals surface area contributed by atoms with E-state index in [4.69, 9.17) is 28.4 Å². The van der Waals surface area contributed by atoms with Gasteiger partial charge in [-0.25, -0.2) is 9.59 Å². The van der Waals surface area contributed by atoms with Gasteiger partial charge in [-0.3, -0.25) is 28.9 Å². The van der Waals surface area contributed by atoms with Crippen molar-refractivity contribution >= 4 is 41.5 Å². The van der Waals surface area contributed by atoms with Crippen molar-refractivity contribution in [3.05, 3.63) is 35.9 Å². The van der Waals surface area contributed by atoms with E-state index in [1.54, 1.807) is 76.9 Å². The molecule has 1 aromatic carbocycles. The maximum Gasteiger partial charge on any atom is 0.364 e. The number of aliphatic hydroxyl groups is 11. The van der Waals surface area contributed by atoms with Gasteiger partial charge in [0.1, 0.15) is 73.1 Å². The molecule has 32 nitrogen and oxygen atoms in total. The van der Waals surface area contributed by atoms with Crippen LogP contribution in [0.4, 0.5) is 0 Å². The minimum Gasteiger partial charge on any atom is -0.480 e. The molecule has 0 spiro atoms. The van der Waals surface area contributed by atoms with Crippen molar-refractivity contribution in [3.63, 3.8) is 0 Å². The van der Waals surface area contributed by atoms with Gasteiger partial charge in [0.25, 0.3) is 5.79 Å². The molecule has 0 aromatic heterocycles. The molecule has 0 bridgehead atoms. The van der Waals surface area contributed by atoms with Crippen molar-refractivity contribution in [1.29, 1.82) is 0 Å². The molecule has 3 aliphatic heterocycles. The summed E-state index contributed by atoms with van der Waals surface area (Å²) < 4.78 is 34.6. The lowest BCUT2D eigenvalue weighted by Gasteiger charge is -2.50. The van der Waals surface area contributed by atoms with Crippen LogP contribution in [0.3, 0.4) is 0 Å². The van der Waals surface area contributed by atoms with Gasteiger partial charge in [-0.1, -0.05) is 85.2 Å². The molecule has 24 unspecified atom stereocenters. The average molecular weight is 1350 g/mol. The Bertz CT molecular complexity index is 2580. The topological polar surface area (TPSA) is 484 Å². The Morgan fingerprint density at radius 3 is 1.97 bits per heavy atom. The van der Waals surface area contributed by atoms with Crippen LogP contribution in [-0.2, 0) is 68.4 Å². The van der Waals surface area contributed by atoms with Crippen molar-refractivity contribution in [2.24, 2.45) is 23.7 Å². The van der Waals surface area contributed by atoms with Crippen LogP contribution in [0.2, 0.25) is 0 Å². The van der Waals surface area contributed by atoms with Crippen LogP contribution >= 0.6 is 0 Å². The number of nitrogens with zero attached hydrogens (tertiary/aromatic N) is 3.